The van der Waals surface area contributed by atoms with Crippen LogP contribution in [-0.4, -0.2) is 17.8 Å². The van der Waals surface area contributed by atoms with E-state index < -0.39 is 0 Å². The van der Waals surface area contributed by atoms with Crippen LogP contribution in [0.4, 0.5) is 0 Å². The van der Waals surface area contributed by atoms with E-state index in [-0.39, 0.29) is 5.72 Å². The summed E-state index contributed by atoms with van der Waals surface area (Å²) in [4.78, 5) is 7.63. The van der Waals surface area contributed by atoms with Gasteiger partial charge in [-0.2, -0.15) is 0 Å². The van der Waals surface area contributed by atoms with Gasteiger partial charge in [-0.05, 0) is 12.1 Å². The first kappa shape index (κ1) is 8.75. The van der Waals surface area contributed by atoms with Crippen molar-refractivity contribution in [2.75, 3.05) is 0 Å². The summed E-state index contributed by atoms with van der Waals surface area (Å²) in [7, 11) is 5.34. The number of para-hydroxylation sites is 1. The number of aromatic nitrogens is 2. The van der Waals surface area contributed by atoms with Crippen molar-refractivity contribution in [2.45, 2.75) is 0 Å². The Hall–Kier alpha value is -1.84. The summed E-state index contributed by atoms with van der Waals surface area (Å²) in [6.45, 7) is 0. The molecule has 0 spiro atoms. The van der Waals surface area contributed by atoms with Gasteiger partial charge in [0.1, 0.15) is 5.75 Å². The molecule has 1 aromatic carbocycles. The molecule has 0 aliphatic heterocycles. The molecule has 0 saturated carbocycles. The van der Waals surface area contributed by atoms with Crippen LogP contribution in [0.1, 0.15) is 0 Å². The average Bonchev–Trinajstić information content (AvgIpc) is 2.23. The lowest BCUT2D eigenvalue weighted by Gasteiger charge is -2.03. The molecule has 4 heteroatoms. The monoisotopic (exact) mass is 182 g/mol. The molecule has 0 unspecified atom stereocenters. The van der Waals surface area contributed by atoms with E-state index in [1.54, 1.807) is 0 Å². The zero-order chi connectivity index (χ0) is 9.80. The predicted octanol–water partition coefficient (Wildman–Crippen LogP) is 1.06. The quantitative estimate of drug-likeness (QED) is 0.651. The van der Waals surface area contributed by atoms with Crippen molar-refractivity contribution in [1.82, 2.24) is 9.97 Å². The molecule has 1 heterocycles. The van der Waals surface area contributed by atoms with Crippen molar-refractivity contribution >= 4 is 13.6 Å². The molecule has 0 aliphatic carbocycles. The van der Waals surface area contributed by atoms with Crippen molar-refractivity contribution in [3.63, 3.8) is 0 Å². The summed E-state index contributed by atoms with van der Waals surface area (Å²) in [6, 6.07) is 9.43. The van der Waals surface area contributed by atoms with Gasteiger partial charge >= 0.3 is 0 Å². The van der Waals surface area contributed by atoms with Crippen LogP contribution in [-0.2, 0) is 0 Å². The van der Waals surface area contributed by atoms with Gasteiger partial charge < -0.3 is 4.74 Å². The van der Waals surface area contributed by atoms with Crippen LogP contribution in [0, 0.1) is 0 Å². The van der Waals surface area contributed by atoms with Crippen molar-refractivity contribution in [2.24, 2.45) is 0 Å². The molecule has 3 nitrogen and oxygen atoms in total. The number of hydrogen-bond acceptors (Lipinski definition) is 3. The van der Waals surface area contributed by atoms with Gasteiger partial charge in [0.15, 0.2) is 13.6 Å². The van der Waals surface area contributed by atoms with Crippen molar-refractivity contribution in [1.29, 1.82) is 0 Å². The molecule has 14 heavy (non-hydrogen) atoms. The highest BCUT2D eigenvalue weighted by molar-refractivity contribution is 6.28. The highest BCUT2D eigenvalue weighted by Gasteiger charge is 1.96. The standard InChI is InChI=1S/C10H7BN2O/c11-10-12-6-9(7-13-10)14-8-4-2-1-3-5-8/h1-7H. The Morgan fingerprint density at radius 3 is 2.21 bits per heavy atom. The zero-order valence-electron chi connectivity index (χ0n) is 7.42. The zero-order valence-corrected chi connectivity index (χ0v) is 7.42. The lowest BCUT2D eigenvalue weighted by atomic mass is 10.1. The Balaban J connectivity index is 2.16. The summed E-state index contributed by atoms with van der Waals surface area (Å²) < 4.78 is 5.45. The first-order valence-electron chi connectivity index (χ1n) is 4.15. The van der Waals surface area contributed by atoms with Crippen molar-refractivity contribution in [3.05, 3.63) is 42.7 Å². The van der Waals surface area contributed by atoms with Crippen molar-refractivity contribution in [3.8, 4) is 11.5 Å². The maximum Gasteiger partial charge on any atom is 0.170 e. The fraction of sp³-hybridized carbons (Fsp3) is 0. The van der Waals surface area contributed by atoms with E-state index in [0.29, 0.717) is 5.75 Å². The first-order valence-corrected chi connectivity index (χ1v) is 4.15. The van der Waals surface area contributed by atoms with Gasteiger partial charge in [0.05, 0.1) is 18.1 Å². The van der Waals surface area contributed by atoms with E-state index in [4.69, 9.17) is 12.6 Å². The molecule has 0 bridgehead atoms. The summed E-state index contributed by atoms with van der Waals surface area (Å²) in [5.74, 6) is 1.33. The molecule has 0 saturated heterocycles. The second-order valence-corrected chi connectivity index (χ2v) is 2.69. The predicted molar refractivity (Wildman–Crippen MR) is 53.9 cm³/mol. The van der Waals surface area contributed by atoms with Crippen LogP contribution >= 0.6 is 0 Å². The molecule has 0 N–H and O–H groups in total. The number of ether oxygens (including phenoxy) is 1. The minimum absolute atomic E-state index is 0.241. The van der Waals surface area contributed by atoms with Gasteiger partial charge in [-0.1, -0.05) is 18.2 Å². The number of rotatable bonds is 2. The molecular formula is C10H7BN2O. The number of nitrogens with zero attached hydrogens (tertiary/aromatic N) is 2. The second-order valence-electron chi connectivity index (χ2n) is 2.69. The molecule has 2 rings (SSSR count). The SMILES string of the molecule is [B]c1ncc(Oc2ccccc2)cn1. The molecule has 0 fully saturated rings. The molecule has 1 aromatic heterocycles. The van der Waals surface area contributed by atoms with Crippen LogP contribution in [0.2, 0.25) is 0 Å². The minimum atomic E-state index is 0.241. The summed E-state index contributed by atoms with van der Waals surface area (Å²) in [5.41, 5.74) is 0.241. The Morgan fingerprint density at radius 1 is 0.929 bits per heavy atom. The minimum Gasteiger partial charge on any atom is -0.454 e. The third-order valence-electron chi connectivity index (χ3n) is 1.63. The molecular weight excluding hydrogens is 175 g/mol. The number of hydrogen-bond donors (Lipinski definition) is 0. The summed E-state index contributed by atoms with van der Waals surface area (Å²) in [5, 5.41) is 0. The van der Waals surface area contributed by atoms with E-state index >= 15 is 0 Å². The smallest absolute Gasteiger partial charge is 0.170 e. The van der Waals surface area contributed by atoms with Gasteiger partial charge in [0.25, 0.3) is 0 Å². The second kappa shape index (κ2) is 3.92. The lowest BCUT2D eigenvalue weighted by molar-refractivity contribution is 0.478. The fourth-order valence-corrected chi connectivity index (χ4v) is 1.00. The Morgan fingerprint density at radius 2 is 1.57 bits per heavy atom. The highest BCUT2D eigenvalue weighted by atomic mass is 16.5. The van der Waals surface area contributed by atoms with Gasteiger partial charge in [-0.15, -0.1) is 0 Å². The largest absolute Gasteiger partial charge is 0.454 e. The number of benzene rings is 1. The van der Waals surface area contributed by atoms with E-state index in [1.165, 1.54) is 12.4 Å². The van der Waals surface area contributed by atoms with E-state index in [9.17, 15) is 0 Å². The Kier molecular flexibility index (Phi) is 2.45. The highest BCUT2D eigenvalue weighted by Crippen LogP contribution is 2.17. The normalized spacial score (nSPS) is 9.71. The van der Waals surface area contributed by atoms with Crippen LogP contribution in [0.5, 0.6) is 11.5 Å². The molecule has 0 atom stereocenters. The molecule has 0 aliphatic rings. The molecule has 2 radical (unpaired) electrons. The summed E-state index contributed by atoms with van der Waals surface area (Å²) >= 11 is 0. The Labute approximate surface area is 83.2 Å². The maximum atomic E-state index is 5.45. The maximum absolute atomic E-state index is 5.45. The molecule has 0 amide bonds. The van der Waals surface area contributed by atoms with Gasteiger partial charge in [-0.25, -0.2) is 9.97 Å². The van der Waals surface area contributed by atoms with Crippen LogP contribution in [0.3, 0.4) is 0 Å². The fourth-order valence-electron chi connectivity index (χ4n) is 1.00. The third-order valence-corrected chi connectivity index (χ3v) is 1.63. The Bertz CT molecular complexity index is 402. The average molecular weight is 182 g/mol. The topological polar surface area (TPSA) is 35.0 Å². The van der Waals surface area contributed by atoms with Gasteiger partial charge in [0.2, 0.25) is 0 Å². The van der Waals surface area contributed by atoms with Crippen molar-refractivity contribution < 1.29 is 4.74 Å². The molecule has 66 valence electrons. The van der Waals surface area contributed by atoms with E-state index in [2.05, 4.69) is 9.97 Å². The summed E-state index contributed by atoms with van der Waals surface area (Å²) in [6.07, 6.45) is 3.07. The first-order chi connectivity index (χ1) is 6.84. The lowest BCUT2D eigenvalue weighted by Crippen LogP contribution is -2.11. The molecule has 2 aromatic rings. The third kappa shape index (κ3) is 2.10. The van der Waals surface area contributed by atoms with E-state index in [1.807, 2.05) is 30.3 Å². The van der Waals surface area contributed by atoms with Gasteiger partial charge in [0, 0.05) is 0 Å². The van der Waals surface area contributed by atoms with Crippen LogP contribution in [0.25, 0.3) is 0 Å². The van der Waals surface area contributed by atoms with E-state index in [0.717, 1.165) is 5.75 Å². The van der Waals surface area contributed by atoms with Crippen LogP contribution in [0.15, 0.2) is 42.7 Å². The van der Waals surface area contributed by atoms with Crippen LogP contribution < -0.4 is 10.5 Å². The van der Waals surface area contributed by atoms with Gasteiger partial charge in [-0.3, -0.25) is 0 Å².